The average Bonchev–Trinajstić information content (AvgIpc) is 3.18. The summed E-state index contributed by atoms with van der Waals surface area (Å²) in [4.78, 5) is 21.1. The van der Waals surface area contributed by atoms with Gasteiger partial charge in [0.05, 0.1) is 13.2 Å². The quantitative estimate of drug-likeness (QED) is 0.490. The first kappa shape index (κ1) is 22.9. The molecule has 1 fully saturated rings. The Morgan fingerprint density at radius 2 is 2.09 bits per heavy atom. The molecule has 4 heterocycles. The van der Waals surface area contributed by atoms with Crippen LogP contribution >= 0.6 is 12.4 Å². The van der Waals surface area contributed by atoms with Gasteiger partial charge in [0, 0.05) is 41.5 Å². The number of amides is 1. The zero-order chi connectivity index (χ0) is 22.2. The van der Waals surface area contributed by atoms with E-state index in [1.165, 1.54) is 0 Å². The number of nitrogens with one attached hydrogen (secondary N) is 2. The summed E-state index contributed by atoms with van der Waals surface area (Å²) in [7, 11) is 0. The summed E-state index contributed by atoms with van der Waals surface area (Å²) in [6.07, 6.45) is 2.64. The van der Waals surface area contributed by atoms with Crippen molar-refractivity contribution in [1.82, 2.24) is 9.97 Å². The number of benzene rings is 1. The van der Waals surface area contributed by atoms with Gasteiger partial charge in [-0.3, -0.25) is 5.32 Å². The van der Waals surface area contributed by atoms with Crippen LogP contribution in [0.2, 0.25) is 0 Å². The van der Waals surface area contributed by atoms with Crippen molar-refractivity contribution in [1.29, 1.82) is 0 Å². The van der Waals surface area contributed by atoms with Crippen LogP contribution in [-0.2, 0) is 9.47 Å². The summed E-state index contributed by atoms with van der Waals surface area (Å²) in [5, 5.41) is 7.71. The lowest BCUT2D eigenvalue weighted by molar-refractivity contribution is 0.0843. The van der Waals surface area contributed by atoms with Crippen molar-refractivity contribution in [3.8, 4) is 17.0 Å². The van der Waals surface area contributed by atoms with E-state index in [0.29, 0.717) is 37.2 Å². The van der Waals surface area contributed by atoms with E-state index in [9.17, 15) is 4.79 Å². The molecule has 0 radical (unpaired) electrons. The fourth-order valence-corrected chi connectivity index (χ4v) is 4.09. The lowest BCUT2D eigenvalue weighted by Gasteiger charge is -2.21. The van der Waals surface area contributed by atoms with Gasteiger partial charge in [-0.05, 0) is 41.6 Å². The van der Waals surface area contributed by atoms with Crippen LogP contribution in [0.1, 0.15) is 12.5 Å². The normalized spacial score (nSPS) is 19.1. The number of anilines is 3. The molecular formula is C23H26ClN5O4. The van der Waals surface area contributed by atoms with Crippen molar-refractivity contribution >= 4 is 46.5 Å². The van der Waals surface area contributed by atoms with Crippen molar-refractivity contribution in [2.45, 2.75) is 20.0 Å². The number of fused-ring (bicyclic) bond motifs is 2. The van der Waals surface area contributed by atoms with Gasteiger partial charge in [0.25, 0.3) is 0 Å². The number of nitrogens with two attached hydrogens (primary N) is 1. The predicted molar refractivity (Wildman–Crippen MR) is 129 cm³/mol. The molecule has 33 heavy (non-hydrogen) atoms. The zero-order valence-corrected chi connectivity index (χ0v) is 19.2. The van der Waals surface area contributed by atoms with Crippen LogP contribution in [-0.4, -0.2) is 48.5 Å². The van der Waals surface area contributed by atoms with E-state index in [1.54, 1.807) is 18.5 Å². The second-order valence-corrected chi connectivity index (χ2v) is 8.19. The molecule has 4 N–H and O–H groups in total. The number of carbonyl (C=O) groups is 1. The molecule has 3 aromatic rings. The molecule has 1 amide bonds. The van der Waals surface area contributed by atoms with Gasteiger partial charge in [-0.2, -0.15) is 0 Å². The molecule has 5 rings (SSSR count). The highest BCUT2D eigenvalue weighted by molar-refractivity contribution is 5.99. The Bertz CT molecular complexity index is 1210. The average molecular weight is 472 g/mol. The smallest absolute Gasteiger partial charge is 0.413 e. The topological polar surface area (TPSA) is 121 Å². The third-order valence-corrected chi connectivity index (χ3v) is 5.91. The molecule has 9 nitrogen and oxygen atoms in total. The van der Waals surface area contributed by atoms with Crippen LogP contribution in [0, 0.1) is 12.8 Å². The number of rotatable bonds is 3. The van der Waals surface area contributed by atoms with Gasteiger partial charge in [0.1, 0.15) is 24.2 Å². The molecule has 0 unspecified atom stereocenters. The second kappa shape index (κ2) is 9.29. The molecule has 10 heteroatoms. The van der Waals surface area contributed by atoms with Crippen molar-refractivity contribution in [2.75, 3.05) is 42.7 Å². The molecule has 0 bridgehead atoms. The monoisotopic (exact) mass is 471 g/mol. The largest absolute Gasteiger partial charge is 0.474 e. The maximum Gasteiger partial charge on any atom is 0.413 e. The van der Waals surface area contributed by atoms with E-state index in [-0.39, 0.29) is 24.4 Å². The van der Waals surface area contributed by atoms with Crippen LogP contribution in [0.4, 0.5) is 22.0 Å². The molecule has 1 saturated heterocycles. The number of nitrogen functional groups attached to an aromatic ring is 1. The minimum atomic E-state index is -0.552. The van der Waals surface area contributed by atoms with Gasteiger partial charge >= 0.3 is 6.09 Å². The van der Waals surface area contributed by atoms with Crippen molar-refractivity contribution in [3.05, 3.63) is 36.2 Å². The summed E-state index contributed by atoms with van der Waals surface area (Å²) in [6, 6.07) is 5.71. The number of ether oxygens (including phenoxy) is 3. The highest BCUT2D eigenvalue weighted by Crippen LogP contribution is 2.37. The Kier molecular flexibility index (Phi) is 6.44. The molecule has 2 aliphatic heterocycles. The zero-order valence-electron chi connectivity index (χ0n) is 18.4. The molecule has 174 valence electrons. The fourth-order valence-electron chi connectivity index (χ4n) is 4.09. The predicted octanol–water partition coefficient (Wildman–Crippen LogP) is 4.00. The molecule has 2 atom stereocenters. The number of hydrogen-bond donors (Lipinski definition) is 3. The molecule has 2 aliphatic rings. The molecule has 1 aromatic carbocycles. The third kappa shape index (κ3) is 4.46. The number of halogens is 1. The molecule has 0 spiro atoms. The van der Waals surface area contributed by atoms with Crippen molar-refractivity contribution < 1.29 is 19.0 Å². The van der Waals surface area contributed by atoms with E-state index in [0.717, 1.165) is 39.7 Å². The second-order valence-electron chi connectivity index (χ2n) is 8.19. The fraction of sp³-hybridized carbons (Fsp3) is 0.348. The van der Waals surface area contributed by atoms with Crippen LogP contribution in [0.5, 0.6) is 5.88 Å². The summed E-state index contributed by atoms with van der Waals surface area (Å²) < 4.78 is 16.4. The summed E-state index contributed by atoms with van der Waals surface area (Å²) in [5.74, 6) is 1.17. The number of nitrogens with zero attached hydrogens (tertiary/aromatic N) is 2. The molecular weight excluding hydrogens is 446 g/mol. The number of aromatic nitrogens is 2. The minimum absolute atomic E-state index is 0. The maximum atomic E-state index is 12.3. The molecule has 0 aliphatic carbocycles. The van der Waals surface area contributed by atoms with Crippen molar-refractivity contribution in [2.24, 2.45) is 5.92 Å². The summed E-state index contributed by atoms with van der Waals surface area (Å²) >= 11 is 0. The maximum absolute atomic E-state index is 12.3. The lowest BCUT2D eigenvalue weighted by Crippen LogP contribution is -2.27. The molecule has 2 aromatic heterocycles. The third-order valence-electron chi connectivity index (χ3n) is 5.91. The lowest BCUT2D eigenvalue weighted by atomic mass is 9.98. The summed E-state index contributed by atoms with van der Waals surface area (Å²) in [5.41, 5.74) is 10.7. The standard InChI is InChI=1S/C23H25N5O4.ClH/c1-12-10-30-11-19(12)32-23(29)28-20-7-15-5-14(6-18(24)17(15)9-26-20)16-8-27-22-21(13(16)2)25-3-4-31-22;/h5-9,12,19,25H,3-4,10-11,24H2,1-2H3,(H,26,28,29);1H/t12-,19-;/m0./s1. The van der Waals surface area contributed by atoms with Crippen LogP contribution in [0.3, 0.4) is 0 Å². The summed E-state index contributed by atoms with van der Waals surface area (Å²) in [6.45, 7) is 6.35. The van der Waals surface area contributed by atoms with Gasteiger partial charge in [-0.25, -0.2) is 14.8 Å². The highest BCUT2D eigenvalue weighted by atomic mass is 35.5. The van der Waals surface area contributed by atoms with Crippen molar-refractivity contribution in [3.63, 3.8) is 0 Å². The van der Waals surface area contributed by atoms with Gasteiger partial charge < -0.3 is 25.3 Å². The Labute approximate surface area is 197 Å². The number of carbonyl (C=O) groups excluding carboxylic acids is 1. The Balaban J connectivity index is 0.00000259. The Morgan fingerprint density at radius 1 is 1.24 bits per heavy atom. The van der Waals surface area contributed by atoms with Gasteiger partial charge in [0.15, 0.2) is 0 Å². The van der Waals surface area contributed by atoms with Gasteiger partial charge in [0.2, 0.25) is 5.88 Å². The Morgan fingerprint density at radius 3 is 2.88 bits per heavy atom. The minimum Gasteiger partial charge on any atom is -0.474 e. The SMILES string of the molecule is Cc1c(-c2cc(N)c3cnc(NC(=O)O[C@H]4COC[C@@H]4C)cc3c2)cnc2c1NCCO2.Cl. The highest BCUT2D eigenvalue weighted by Gasteiger charge is 2.28. The van der Waals surface area contributed by atoms with Gasteiger partial charge in [-0.1, -0.05) is 6.92 Å². The number of hydrogen-bond acceptors (Lipinski definition) is 8. The van der Waals surface area contributed by atoms with E-state index >= 15 is 0 Å². The molecule has 0 saturated carbocycles. The first-order valence-corrected chi connectivity index (χ1v) is 10.6. The first-order valence-electron chi connectivity index (χ1n) is 10.6. The van der Waals surface area contributed by atoms with Crippen LogP contribution < -0.4 is 21.1 Å². The number of pyridine rings is 2. The Hall–Kier alpha value is -3.30. The van der Waals surface area contributed by atoms with E-state index in [2.05, 4.69) is 20.6 Å². The van der Waals surface area contributed by atoms with E-state index in [4.69, 9.17) is 19.9 Å². The van der Waals surface area contributed by atoms with Crippen LogP contribution in [0.15, 0.2) is 30.6 Å². The first-order chi connectivity index (χ1) is 15.5. The van der Waals surface area contributed by atoms with Gasteiger partial charge in [-0.15, -0.1) is 12.4 Å². The van der Waals surface area contributed by atoms with E-state index in [1.807, 2.05) is 26.0 Å². The van der Waals surface area contributed by atoms with E-state index < -0.39 is 6.09 Å². The van der Waals surface area contributed by atoms with Crippen LogP contribution in [0.25, 0.3) is 21.9 Å².